The van der Waals surface area contributed by atoms with E-state index in [1.807, 2.05) is 36.4 Å². The fourth-order valence-corrected chi connectivity index (χ4v) is 1.92. The van der Waals surface area contributed by atoms with Crippen LogP contribution < -0.4 is 0 Å². The molecule has 1 aromatic carbocycles. The predicted octanol–water partition coefficient (Wildman–Crippen LogP) is 3.14. The zero-order chi connectivity index (χ0) is 12.5. The van der Waals surface area contributed by atoms with Crippen LogP contribution in [-0.2, 0) is 0 Å². The molecule has 4 heteroatoms. The van der Waals surface area contributed by atoms with Crippen molar-refractivity contribution >= 4 is 11.0 Å². The first-order valence-electron chi connectivity index (χ1n) is 6.03. The highest BCUT2D eigenvalue weighted by Gasteiger charge is 2.11. The van der Waals surface area contributed by atoms with Gasteiger partial charge in [-0.1, -0.05) is 44.2 Å². The molecule has 0 saturated carbocycles. The van der Waals surface area contributed by atoms with Crippen molar-refractivity contribution in [2.45, 2.75) is 19.8 Å². The maximum Gasteiger partial charge on any atom is 0.139 e. The molecule has 0 aliphatic rings. The van der Waals surface area contributed by atoms with E-state index in [1.165, 1.54) is 0 Å². The van der Waals surface area contributed by atoms with E-state index in [0.717, 1.165) is 28.0 Å². The van der Waals surface area contributed by atoms with Gasteiger partial charge in [-0.3, -0.25) is 5.10 Å². The lowest BCUT2D eigenvalue weighted by Crippen LogP contribution is -1.95. The summed E-state index contributed by atoms with van der Waals surface area (Å²) in [5.74, 6) is 0.366. The first kappa shape index (κ1) is 10.9. The number of aromatic amines is 1. The monoisotopic (exact) mass is 238 g/mol. The molecule has 0 unspecified atom stereocenters. The molecule has 0 aliphatic carbocycles. The molecule has 0 amide bonds. The third-order valence-electron chi connectivity index (χ3n) is 2.96. The molecule has 0 saturated heterocycles. The summed E-state index contributed by atoms with van der Waals surface area (Å²) < 4.78 is 0. The molecule has 4 nitrogen and oxygen atoms in total. The highest BCUT2D eigenvalue weighted by molar-refractivity contribution is 5.89. The summed E-state index contributed by atoms with van der Waals surface area (Å²) in [7, 11) is 0. The van der Waals surface area contributed by atoms with Crippen LogP contribution in [0.2, 0.25) is 0 Å². The van der Waals surface area contributed by atoms with Crippen molar-refractivity contribution < 1.29 is 0 Å². The smallest absolute Gasteiger partial charge is 0.139 e. The molecule has 0 bridgehead atoms. The van der Waals surface area contributed by atoms with Crippen LogP contribution in [0.5, 0.6) is 0 Å². The molecule has 1 N–H and O–H groups in total. The van der Waals surface area contributed by atoms with Crippen molar-refractivity contribution in [3.05, 3.63) is 42.1 Å². The quantitative estimate of drug-likeness (QED) is 0.746. The number of rotatable bonds is 2. The molecular formula is C14H14N4. The Bertz CT molecular complexity index is 671. The summed E-state index contributed by atoms with van der Waals surface area (Å²) in [4.78, 5) is 0. The van der Waals surface area contributed by atoms with E-state index in [2.05, 4.69) is 34.2 Å². The molecule has 2 aromatic heterocycles. The van der Waals surface area contributed by atoms with E-state index in [0.29, 0.717) is 5.92 Å². The zero-order valence-electron chi connectivity index (χ0n) is 10.4. The molecule has 90 valence electrons. The number of fused-ring (bicyclic) bond motifs is 1. The lowest BCUT2D eigenvalue weighted by Gasteiger charge is -2.02. The zero-order valence-corrected chi connectivity index (χ0v) is 10.4. The molecule has 2 heterocycles. The minimum atomic E-state index is 0.366. The first-order chi connectivity index (χ1) is 8.75. The van der Waals surface area contributed by atoms with E-state index in [4.69, 9.17) is 0 Å². The van der Waals surface area contributed by atoms with E-state index >= 15 is 0 Å². The van der Waals surface area contributed by atoms with Crippen molar-refractivity contribution in [3.8, 4) is 11.3 Å². The number of hydrogen-bond donors (Lipinski definition) is 1. The van der Waals surface area contributed by atoms with Crippen LogP contribution >= 0.6 is 0 Å². The van der Waals surface area contributed by atoms with Gasteiger partial charge in [0.15, 0.2) is 0 Å². The van der Waals surface area contributed by atoms with Gasteiger partial charge in [0.1, 0.15) is 11.2 Å². The van der Waals surface area contributed by atoms with Crippen LogP contribution in [0.1, 0.15) is 25.5 Å². The SMILES string of the molecule is CC(C)c1cc2[nH]nc(-c3ccccc3)c2nn1. The second-order valence-corrected chi connectivity index (χ2v) is 4.62. The van der Waals surface area contributed by atoms with E-state index in [-0.39, 0.29) is 0 Å². The molecule has 18 heavy (non-hydrogen) atoms. The fraction of sp³-hybridized carbons (Fsp3) is 0.214. The average Bonchev–Trinajstić information content (AvgIpc) is 2.82. The van der Waals surface area contributed by atoms with Gasteiger partial charge >= 0.3 is 0 Å². The largest absolute Gasteiger partial charge is 0.275 e. The van der Waals surface area contributed by atoms with Crippen LogP contribution in [0, 0.1) is 0 Å². The van der Waals surface area contributed by atoms with Gasteiger partial charge in [-0.25, -0.2) is 0 Å². The van der Waals surface area contributed by atoms with Crippen LogP contribution in [0.25, 0.3) is 22.3 Å². The molecule has 0 spiro atoms. The Morgan fingerprint density at radius 1 is 1.06 bits per heavy atom. The summed E-state index contributed by atoms with van der Waals surface area (Å²) in [6.45, 7) is 4.20. The van der Waals surface area contributed by atoms with Gasteiger partial charge in [0, 0.05) is 5.56 Å². The van der Waals surface area contributed by atoms with Crippen LogP contribution in [-0.4, -0.2) is 20.4 Å². The average molecular weight is 238 g/mol. The third kappa shape index (κ3) is 1.76. The number of aromatic nitrogens is 4. The Hall–Kier alpha value is -2.23. The highest BCUT2D eigenvalue weighted by atomic mass is 15.2. The van der Waals surface area contributed by atoms with Crippen molar-refractivity contribution in [1.29, 1.82) is 0 Å². The Balaban J connectivity index is 2.16. The van der Waals surface area contributed by atoms with Gasteiger partial charge in [0.25, 0.3) is 0 Å². The van der Waals surface area contributed by atoms with Crippen LogP contribution in [0.3, 0.4) is 0 Å². The number of benzene rings is 1. The number of nitrogens with zero attached hydrogens (tertiary/aromatic N) is 3. The van der Waals surface area contributed by atoms with Gasteiger partial charge in [0.05, 0.1) is 11.2 Å². The molecule has 0 fully saturated rings. The van der Waals surface area contributed by atoms with Crippen LogP contribution in [0.4, 0.5) is 0 Å². The van der Waals surface area contributed by atoms with Crippen molar-refractivity contribution in [2.75, 3.05) is 0 Å². The topological polar surface area (TPSA) is 54.5 Å². The summed E-state index contributed by atoms with van der Waals surface area (Å²) in [5, 5.41) is 15.9. The van der Waals surface area contributed by atoms with Crippen molar-refractivity contribution in [2.24, 2.45) is 0 Å². The van der Waals surface area contributed by atoms with E-state index in [9.17, 15) is 0 Å². The minimum Gasteiger partial charge on any atom is -0.275 e. The second kappa shape index (κ2) is 4.22. The van der Waals surface area contributed by atoms with Gasteiger partial charge in [-0.15, -0.1) is 5.10 Å². The standard InChI is InChI=1S/C14H14N4/c1-9(2)11-8-12-14(18-15-11)13(17-16-12)10-6-4-3-5-7-10/h3-9H,1-2H3,(H,16,17). The Labute approximate surface area is 105 Å². The Morgan fingerprint density at radius 3 is 2.56 bits per heavy atom. The number of H-pyrrole nitrogens is 1. The van der Waals surface area contributed by atoms with Crippen molar-refractivity contribution in [1.82, 2.24) is 20.4 Å². The molecule has 0 radical (unpaired) electrons. The van der Waals surface area contributed by atoms with Crippen molar-refractivity contribution in [3.63, 3.8) is 0 Å². The Kier molecular flexibility index (Phi) is 2.55. The third-order valence-corrected chi connectivity index (χ3v) is 2.96. The molecular weight excluding hydrogens is 224 g/mol. The minimum absolute atomic E-state index is 0.366. The molecule has 0 aliphatic heterocycles. The second-order valence-electron chi connectivity index (χ2n) is 4.62. The summed E-state index contributed by atoms with van der Waals surface area (Å²) in [6, 6.07) is 12.0. The van der Waals surface area contributed by atoms with E-state index < -0.39 is 0 Å². The first-order valence-corrected chi connectivity index (χ1v) is 6.03. The molecule has 0 atom stereocenters. The van der Waals surface area contributed by atoms with Gasteiger partial charge in [-0.05, 0) is 12.0 Å². The predicted molar refractivity (Wildman–Crippen MR) is 71.2 cm³/mol. The summed E-state index contributed by atoms with van der Waals surface area (Å²) >= 11 is 0. The molecule has 3 rings (SSSR count). The highest BCUT2D eigenvalue weighted by Crippen LogP contribution is 2.25. The molecule has 3 aromatic rings. The summed E-state index contributed by atoms with van der Waals surface area (Å²) in [5.41, 5.74) is 4.65. The maximum atomic E-state index is 4.34. The van der Waals surface area contributed by atoms with Gasteiger partial charge < -0.3 is 0 Å². The van der Waals surface area contributed by atoms with Crippen LogP contribution in [0.15, 0.2) is 36.4 Å². The van der Waals surface area contributed by atoms with Gasteiger partial charge in [0.2, 0.25) is 0 Å². The lowest BCUT2D eigenvalue weighted by molar-refractivity contribution is 0.794. The maximum absolute atomic E-state index is 4.34. The van der Waals surface area contributed by atoms with Gasteiger partial charge in [-0.2, -0.15) is 10.2 Å². The summed E-state index contributed by atoms with van der Waals surface area (Å²) in [6.07, 6.45) is 0. The normalized spacial score (nSPS) is 11.3. The number of nitrogens with one attached hydrogen (secondary N) is 1. The lowest BCUT2D eigenvalue weighted by atomic mass is 10.1. The van der Waals surface area contributed by atoms with E-state index in [1.54, 1.807) is 0 Å². The fourth-order valence-electron chi connectivity index (χ4n) is 1.92. The number of hydrogen-bond acceptors (Lipinski definition) is 3. The Morgan fingerprint density at radius 2 is 1.83 bits per heavy atom.